The maximum Gasteiger partial charge on any atom is 0.238 e. The van der Waals surface area contributed by atoms with E-state index in [0.29, 0.717) is 5.92 Å². The monoisotopic (exact) mass is 325 g/mol. The Morgan fingerprint density at radius 3 is 1.77 bits per heavy atom. The zero-order valence-electron chi connectivity index (χ0n) is 14.3. The summed E-state index contributed by atoms with van der Waals surface area (Å²) in [5.41, 5.74) is 2.23. The minimum atomic E-state index is -3.39. The summed E-state index contributed by atoms with van der Waals surface area (Å²) in [5, 5.41) is 1.83. The SMILES string of the molecule is CC(C)c1ccc([C@@H](NC(=O)[C@@H](C)S(C)(=O)=O)C(C)C)cc1. The number of rotatable bonds is 6. The van der Waals surface area contributed by atoms with Crippen molar-refractivity contribution in [1.29, 1.82) is 0 Å². The Balaban J connectivity index is 2.97. The lowest BCUT2D eigenvalue weighted by Crippen LogP contribution is -2.41. The van der Waals surface area contributed by atoms with Crippen LogP contribution < -0.4 is 5.32 Å². The van der Waals surface area contributed by atoms with Crippen LogP contribution in [0.3, 0.4) is 0 Å². The first-order chi connectivity index (χ1) is 10.0. The molecule has 4 nitrogen and oxygen atoms in total. The Hall–Kier alpha value is -1.36. The maximum absolute atomic E-state index is 12.2. The van der Waals surface area contributed by atoms with Crippen LogP contribution in [0.5, 0.6) is 0 Å². The minimum absolute atomic E-state index is 0.167. The van der Waals surface area contributed by atoms with Crippen LogP contribution in [-0.4, -0.2) is 25.8 Å². The predicted octanol–water partition coefficient (Wildman–Crippen LogP) is 3.06. The highest BCUT2D eigenvalue weighted by Crippen LogP contribution is 2.24. The van der Waals surface area contributed by atoms with Crippen LogP contribution in [-0.2, 0) is 14.6 Å². The van der Waals surface area contributed by atoms with E-state index in [2.05, 4.69) is 31.3 Å². The number of carbonyl (C=O) groups excluding carboxylic acids is 1. The number of sulfone groups is 1. The van der Waals surface area contributed by atoms with Crippen molar-refractivity contribution < 1.29 is 13.2 Å². The third-order valence-corrected chi connectivity index (χ3v) is 5.44. The van der Waals surface area contributed by atoms with E-state index in [0.717, 1.165) is 11.8 Å². The van der Waals surface area contributed by atoms with Crippen LogP contribution in [0.15, 0.2) is 24.3 Å². The van der Waals surface area contributed by atoms with Gasteiger partial charge in [-0.3, -0.25) is 4.79 Å². The molecule has 0 saturated heterocycles. The highest BCUT2D eigenvalue weighted by atomic mass is 32.2. The Morgan fingerprint density at radius 1 is 0.955 bits per heavy atom. The molecular weight excluding hydrogens is 298 g/mol. The smallest absolute Gasteiger partial charge is 0.238 e. The molecule has 124 valence electrons. The summed E-state index contributed by atoms with van der Waals surface area (Å²) in [6.07, 6.45) is 1.08. The van der Waals surface area contributed by atoms with Gasteiger partial charge in [-0.25, -0.2) is 8.42 Å². The van der Waals surface area contributed by atoms with Gasteiger partial charge in [0, 0.05) is 6.26 Å². The second-order valence-electron chi connectivity index (χ2n) is 6.52. The molecule has 0 bridgehead atoms. The summed E-state index contributed by atoms with van der Waals surface area (Å²) < 4.78 is 23.0. The number of carbonyl (C=O) groups is 1. The van der Waals surface area contributed by atoms with Gasteiger partial charge >= 0.3 is 0 Å². The molecule has 0 fully saturated rings. The largest absolute Gasteiger partial charge is 0.348 e. The van der Waals surface area contributed by atoms with Crippen LogP contribution in [0, 0.1) is 5.92 Å². The second kappa shape index (κ2) is 7.27. The van der Waals surface area contributed by atoms with Crippen LogP contribution in [0.1, 0.15) is 57.7 Å². The number of nitrogens with one attached hydrogen (secondary N) is 1. The Morgan fingerprint density at radius 2 is 1.41 bits per heavy atom. The predicted molar refractivity (Wildman–Crippen MR) is 90.6 cm³/mol. The third-order valence-electron chi connectivity index (χ3n) is 3.94. The molecule has 1 aromatic carbocycles. The zero-order valence-corrected chi connectivity index (χ0v) is 15.1. The lowest BCUT2D eigenvalue weighted by atomic mass is 9.93. The lowest BCUT2D eigenvalue weighted by molar-refractivity contribution is -0.121. The van der Waals surface area contributed by atoms with Gasteiger partial charge in [-0.05, 0) is 29.9 Å². The van der Waals surface area contributed by atoms with E-state index < -0.39 is 21.0 Å². The highest BCUT2D eigenvalue weighted by molar-refractivity contribution is 7.92. The molecule has 0 aromatic heterocycles. The molecule has 0 radical (unpaired) electrons. The molecular formula is C17H27NO3S. The minimum Gasteiger partial charge on any atom is -0.348 e. The zero-order chi connectivity index (χ0) is 17.1. The Kier molecular flexibility index (Phi) is 6.17. The molecule has 1 amide bonds. The van der Waals surface area contributed by atoms with Crippen molar-refractivity contribution in [3.8, 4) is 0 Å². The molecule has 0 saturated carbocycles. The summed E-state index contributed by atoms with van der Waals surface area (Å²) in [6.45, 7) is 9.69. The topological polar surface area (TPSA) is 63.2 Å². The number of hydrogen-bond acceptors (Lipinski definition) is 3. The first-order valence-electron chi connectivity index (χ1n) is 7.63. The molecule has 1 rings (SSSR count). The molecule has 22 heavy (non-hydrogen) atoms. The summed E-state index contributed by atoms with van der Waals surface area (Å²) in [4.78, 5) is 12.2. The fraction of sp³-hybridized carbons (Fsp3) is 0.588. The van der Waals surface area contributed by atoms with Gasteiger partial charge in [0.05, 0.1) is 6.04 Å². The van der Waals surface area contributed by atoms with Crippen molar-refractivity contribution in [2.45, 2.75) is 51.8 Å². The summed E-state index contributed by atoms with van der Waals surface area (Å²) in [5.74, 6) is 0.168. The van der Waals surface area contributed by atoms with Crippen molar-refractivity contribution in [3.63, 3.8) is 0 Å². The normalized spacial score (nSPS) is 14.9. The third kappa shape index (κ3) is 4.83. The van der Waals surface area contributed by atoms with Crippen molar-refractivity contribution in [2.75, 3.05) is 6.26 Å². The second-order valence-corrected chi connectivity index (χ2v) is 8.89. The van der Waals surface area contributed by atoms with E-state index in [9.17, 15) is 13.2 Å². The first kappa shape index (κ1) is 18.7. The van der Waals surface area contributed by atoms with Crippen LogP contribution in [0.4, 0.5) is 0 Å². The van der Waals surface area contributed by atoms with E-state index in [-0.39, 0.29) is 12.0 Å². The highest BCUT2D eigenvalue weighted by Gasteiger charge is 2.27. The number of amides is 1. The molecule has 2 atom stereocenters. The fourth-order valence-corrected chi connectivity index (χ4v) is 2.65. The van der Waals surface area contributed by atoms with Crippen molar-refractivity contribution >= 4 is 15.7 Å². The quantitative estimate of drug-likeness (QED) is 0.874. The summed E-state index contributed by atoms with van der Waals surface area (Å²) >= 11 is 0. The Labute approximate surface area is 134 Å². The van der Waals surface area contributed by atoms with Crippen LogP contribution >= 0.6 is 0 Å². The van der Waals surface area contributed by atoms with E-state index >= 15 is 0 Å². The lowest BCUT2D eigenvalue weighted by Gasteiger charge is -2.25. The first-order valence-corrected chi connectivity index (χ1v) is 9.58. The van der Waals surface area contributed by atoms with Crippen molar-refractivity contribution in [2.24, 2.45) is 5.92 Å². The average Bonchev–Trinajstić information content (AvgIpc) is 2.42. The molecule has 0 spiro atoms. The molecule has 0 aliphatic carbocycles. The van der Waals surface area contributed by atoms with Gasteiger partial charge in [-0.15, -0.1) is 0 Å². The molecule has 1 aromatic rings. The molecule has 1 N–H and O–H groups in total. The van der Waals surface area contributed by atoms with Gasteiger partial charge < -0.3 is 5.32 Å². The number of hydrogen-bond donors (Lipinski definition) is 1. The number of benzene rings is 1. The summed E-state index contributed by atoms with van der Waals surface area (Å²) in [6, 6.07) is 7.93. The van der Waals surface area contributed by atoms with Gasteiger partial charge in [0.25, 0.3) is 0 Å². The van der Waals surface area contributed by atoms with Gasteiger partial charge in [0.2, 0.25) is 5.91 Å². The van der Waals surface area contributed by atoms with Gasteiger partial charge in [-0.2, -0.15) is 0 Å². The molecule has 0 aliphatic heterocycles. The summed E-state index contributed by atoms with van der Waals surface area (Å²) in [7, 11) is -3.39. The standard InChI is InChI=1S/C17H27NO3S/c1-11(2)14-7-9-15(10-8-14)16(12(3)4)18-17(19)13(5)22(6,20)21/h7-13,16H,1-6H3,(H,18,19)/t13-,16+/m1/s1. The molecule has 0 heterocycles. The van der Waals surface area contributed by atoms with Crippen molar-refractivity contribution in [1.82, 2.24) is 5.32 Å². The van der Waals surface area contributed by atoms with Gasteiger partial charge in [-0.1, -0.05) is 52.0 Å². The fourth-order valence-electron chi connectivity index (χ4n) is 2.19. The molecule has 0 unspecified atom stereocenters. The van der Waals surface area contributed by atoms with E-state index in [1.54, 1.807) is 0 Å². The Bertz CT molecular complexity index is 603. The maximum atomic E-state index is 12.2. The van der Waals surface area contributed by atoms with Crippen molar-refractivity contribution in [3.05, 3.63) is 35.4 Å². The van der Waals surface area contributed by atoms with E-state index in [4.69, 9.17) is 0 Å². The average molecular weight is 325 g/mol. The van der Waals surface area contributed by atoms with E-state index in [1.807, 2.05) is 26.0 Å². The molecule has 5 heteroatoms. The van der Waals surface area contributed by atoms with Crippen LogP contribution in [0.2, 0.25) is 0 Å². The van der Waals surface area contributed by atoms with Gasteiger partial charge in [0.15, 0.2) is 9.84 Å². The van der Waals surface area contributed by atoms with E-state index in [1.165, 1.54) is 12.5 Å². The van der Waals surface area contributed by atoms with Gasteiger partial charge in [0.1, 0.15) is 5.25 Å². The van der Waals surface area contributed by atoms with Crippen LogP contribution in [0.25, 0.3) is 0 Å². The molecule has 0 aliphatic rings.